The Labute approximate surface area is 184 Å². The van der Waals surface area contributed by atoms with Gasteiger partial charge in [0.1, 0.15) is 6.04 Å². The van der Waals surface area contributed by atoms with E-state index in [9.17, 15) is 9.59 Å². The summed E-state index contributed by atoms with van der Waals surface area (Å²) >= 11 is 0. The maximum absolute atomic E-state index is 13.2. The first kappa shape index (κ1) is 22.7. The predicted molar refractivity (Wildman–Crippen MR) is 120 cm³/mol. The normalized spacial score (nSPS) is 14.0. The first-order valence-electron chi connectivity index (χ1n) is 11.0. The number of nitrogens with one attached hydrogen (secondary N) is 1. The number of benzene rings is 2. The van der Waals surface area contributed by atoms with Gasteiger partial charge in [-0.3, -0.25) is 9.59 Å². The third-order valence-corrected chi connectivity index (χ3v) is 5.72. The van der Waals surface area contributed by atoms with Crippen LogP contribution in [-0.4, -0.2) is 42.1 Å². The van der Waals surface area contributed by atoms with Crippen LogP contribution in [-0.2, 0) is 22.4 Å². The van der Waals surface area contributed by atoms with E-state index in [1.807, 2.05) is 62.4 Å². The number of hydrogen-bond donors (Lipinski definition) is 1. The molecule has 2 amide bonds. The molecule has 0 aromatic heterocycles. The van der Waals surface area contributed by atoms with Gasteiger partial charge >= 0.3 is 0 Å². The molecule has 0 aliphatic carbocycles. The van der Waals surface area contributed by atoms with Gasteiger partial charge in [-0.2, -0.15) is 0 Å². The Morgan fingerprint density at radius 2 is 1.74 bits per heavy atom. The molecule has 1 heterocycles. The molecule has 0 fully saturated rings. The van der Waals surface area contributed by atoms with E-state index in [0.29, 0.717) is 31.6 Å². The molecule has 1 aliphatic heterocycles. The summed E-state index contributed by atoms with van der Waals surface area (Å²) in [5, 5.41) is 3.00. The molecule has 0 spiro atoms. The molecule has 2 aromatic carbocycles. The zero-order chi connectivity index (χ0) is 22.2. The Morgan fingerprint density at radius 3 is 2.48 bits per heavy atom. The number of amides is 2. The monoisotopic (exact) mass is 424 g/mol. The number of hydrogen-bond acceptors (Lipinski definition) is 4. The number of fused-ring (bicyclic) bond motifs is 1. The fraction of sp³-hybridized carbons (Fsp3) is 0.440. The Morgan fingerprint density at radius 1 is 1.00 bits per heavy atom. The number of rotatable bonds is 10. The summed E-state index contributed by atoms with van der Waals surface area (Å²) < 4.78 is 10.8. The van der Waals surface area contributed by atoms with Crippen molar-refractivity contribution in [3.63, 3.8) is 0 Å². The van der Waals surface area contributed by atoms with Crippen molar-refractivity contribution < 1.29 is 19.1 Å². The molecule has 2 aromatic rings. The van der Waals surface area contributed by atoms with Crippen molar-refractivity contribution in [3.8, 4) is 11.5 Å². The van der Waals surface area contributed by atoms with E-state index in [1.165, 1.54) is 0 Å². The largest absolute Gasteiger partial charge is 0.454 e. The minimum absolute atomic E-state index is 0.0274. The Balaban J connectivity index is 1.66. The molecule has 2 atom stereocenters. The summed E-state index contributed by atoms with van der Waals surface area (Å²) in [6.45, 7) is 6.54. The third kappa shape index (κ3) is 6.23. The van der Waals surface area contributed by atoms with E-state index in [0.717, 1.165) is 23.3 Å². The van der Waals surface area contributed by atoms with Gasteiger partial charge in [-0.15, -0.1) is 0 Å². The maximum Gasteiger partial charge on any atom is 0.242 e. The summed E-state index contributed by atoms with van der Waals surface area (Å²) in [4.78, 5) is 27.6. The maximum atomic E-state index is 13.2. The summed E-state index contributed by atoms with van der Waals surface area (Å²) in [7, 11) is 0. The Hall–Kier alpha value is -3.02. The highest BCUT2D eigenvalue weighted by Crippen LogP contribution is 2.32. The van der Waals surface area contributed by atoms with Crippen LogP contribution in [0.5, 0.6) is 11.5 Å². The number of nitrogens with zero attached hydrogens (tertiary/aromatic N) is 1. The van der Waals surface area contributed by atoms with Crippen LogP contribution in [0.2, 0.25) is 0 Å². The molecule has 3 rings (SSSR count). The standard InChI is InChI=1S/C25H32N2O4/c1-4-18(2)26-25(29)19(3)27(15-14-20-8-6-5-7-9-20)24(28)13-11-21-10-12-22-23(16-21)31-17-30-22/h5-10,12,16,18-19H,4,11,13-15,17H2,1-3H3,(H,26,29)/t18-,19-/m0/s1. The van der Waals surface area contributed by atoms with Gasteiger partial charge in [-0.25, -0.2) is 0 Å². The lowest BCUT2D eigenvalue weighted by Crippen LogP contribution is -2.50. The molecule has 1 aliphatic rings. The lowest BCUT2D eigenvalue weighted by Gasteiger charge is -2.29. The first-order valence-corrected chi connectivity index (χ1v) is 11.0. The SMILES string of the molecule is CC[C@H](C)NC(=O)[C@H](C)N(CCc1ccccc1)C(=O)CCc1ccc2c(c1)OCO2. The molecule has 0 saturated heterocycles. The third-order valence-electron chi connectivity index (χ3n) is 5.72. The van der Waals surface area contributed by atoms with Crippen molar-refractivity contribution in [2.75, 3.05) is 13.3 Å². The molecule has 166 valence electrons. The van der Waals surface area contributed by atoms with Crippen molar-refractivity contribution >= 4 is 11.8 Å². The number of aryl methyl sites for hydroxylation is 1. The highest BCUT2D eigenvalue weighted by Gasteiger charge is 2.26. The van der Waals surface area contributed by atoms with Gasteiger partial charge in [0.2, 0.25) is 18.6 Å². The molecule has 6 heteroatoms. The highest BCUT2D eigenvalue weighted by molar-refractivity contribution is 5.87. The number of ether oxygens (including phenoxy) is 2. The van der Waals surface area contributed by atoms with E-state index < -0.39 is 6.04 Å². The lowest BCUT2D eigenvalue weighted by atomic mass is 10.1. The highest BCUT2D eigenvalue weighted by atomic mass is 16.7. The summed E-state index contributed by atoms with van der Waals surface area (Å²) in [6, 6.07) is 15.3. The van der Waals surface area contributed by atoms with Gasteiger partial charge in [0.25, 0.3) is 0 Å². The van der Waals surface area contributed by atoms with Gasteiger partial charge in [-0.1, -0.05) is 43.3 Å². The van der Waals surface area contributed by atoms with Gasteiger partial charge < -0.3 is 19.7 Å². The van der Waals surface area contributed by atoms with Gasteiger partial charge in [-0.05, 0) is 56.4 Å². The molecule has 0 bridgehead atoms. The van der Waals surface area contributed by atoms with Crippen molar-refractivity contribution in [1.82, 2.24) is 10.2 Å². The van der Waals surface area contributed by atoms with E-state index in [2.05, 4.69) is 5.32 Å². The van der Waals surface area contributed by atoms with Crippen LogP contribution < -0.4 is 14.8 Å². The second-order valence-corrected chi connectivity index (χ2v) is 8.00. The van der Waals surface area contributed by atoms with Crippen molar-refractivity contribution in [3.05, 3.63) is 59.7 Å². The molecule has 0 radical (unpaired) electrons. The van der Waals surface area contributed by atoms with E-state index >= 15 is 0 Å². The van der Waals surface area contributed by atoms with Crippen LogP contribution in [0.15, 0.2) is 48.5 Å². The molecule has 6 nitrogen and oxygen atoms in total. The van der Waals surface area contributed by atoms with Crippen LogP contribution >= 0.6 is 0 Å². The van der Waals surface area contributed by atoms with Crippen molar-refractivity contribution in [1.29, 1.82) is 0 Å². The lowest BCUT2D eigenvalue weighted by molar-refractivity contribution is -0.140. The fourth-order valence-electron chi connectivity index (χ4n) is 3.53. The van der Waals surface area contributed by atoms with Crippen LogP contribution in [0.4, 0.5) is 0 Å². The molecule has 1 N–H and O–H groups in total. The zero-order valence-electron chi connectivity index (χ0n) is 18.6. The van der Waals surface area contributed by atoms with Crippen LogP contribution in [0.3, 0.4) is 0 Å². The molecule has 31 heavy (non-hydrogen) atoms. The second-order valence-electron chi connectivity index (χ2n) is 8.00. The Bertz CT molecular complexity index is 884. The minimum atomic E-state index is -0.526. The minimum Gasteiger partial charge on any atom is -0.454 e. The molecular formula is C25H32N2O4. The van der Waals surface area contributed by atoms with Gasteiger partial charge in [0.15, 0.2) is 11.5 Å². The predicted octanol–water partition coefficient (Wildman–Crippen LogP) is 3.72. The number of carbonyl (C=O) groups excluding carboxylic acids is 2. The average molecular weight is 425 g/mol. The summed E-state index contributed by atoms with van der Waals surface area (Å²) in [6.07, 6.45) is 2.46. The second kappa shape index (κ2) is 10.8. The first-order chi connectivity index (χ1) is 15.0. The van der Waals surface area contributed by atoms with E-state index in [-0.39, 0.29) is 24.6 Å². The Kier molecular flexibility index (Phi) is 7.93. The number of carbonyl (C=O) groups is 2. The van der Waals surface area contributed by atoms with Crippen molar-refractivity contribution in [2.45, 2.75) is 58.5 Å². The molecule has 0 unspecified atom stereocenters. The van der Waals surface area contributed by atoms with Gasteiger partial charge in [0, 0.05) is 19.0 Å². The zero-order valence-corrected chi connectivity index (χ0v) is 18.6. The summed E-state index contributed by atoms with van der Waals surface area (Å²) in [5.74, 6) is 1.31. The van der Waals surface area contributed by atoms with Crippen molar-refractivity contribution in [2.24, 2.45) is 0 Å². The van der Waals surface area contributed by atoms with Crippen LogP contribution in [0, 0.1) is 0 Å². The summed E-state index contributed by atoms with van der Waals surface area (Å²) in [5.41, 5.74) is 2.16. The average Bonchev–Trinajstić information content (AvgIpc) is 3.26. The molecular weight excluding hydrogens is 392 g/mol. The smallest absolute Gasteiger partial charge is 0.242 e. The van der Waals surface area contributed by atoms with E-state index in [4.69, 9.17) is 9.47 Å². The topological polar surface area (TPSA) is 67.9 Å². The van der Waals surface area contributed by atoms with Crippen LogP contribution in [0.25, 0.3) is 0 Å². The van der Waals surface area contributed by atoms with E-state index in [1.54, 1.807) is 11.8 Å². The quantitative estimate of drug-likeness (QED) is 0.631. The molecule has 0 saturated carbocycles. The van der Waals surface area contributed by atoms with Crippen LogP contribution in [0.1, 0.15) is 44.7 Å². The van der Waals surface area contributed by atoms with Gasteiger partial charge in [0.05, 0.1) is 0 Å². The fourth-order valence-corrected chi connectivity index (χ4v) is 3.53.